The first kappa shape index (κ1) is 24.0. The Bertz CT molecular complexity index is 1210. The molecule has 0 amide bonds. The molecule has 0 aliphatic rings. The van der Waals surface area contributed by atoms with Crippen molar-refractivity contribution in [1.29, 1.82) is 0 Å². The molecule has 3 rings (SSSR count). The number of sulfonamides is 1. The Morgan fingerprint density at radius 2 is 1.67 bits per heavy atom. The van der Waals surface area contributed by atoms with Crippen molar-refractivity contribution >= 4 is 33.2 Å². The summed E-state index contributed by atoms with van der Waals surface area (Å²) in [5.74, 6) is 0.389. The Balaban J connectivity index is 1.76. The van der Waals surface area contributed by atoms with Gasteiger partial charge in [-0.05, 0) is 48.5 Å². The van der Waals surface area contributed by atoms with Crippen LogP contribution in [0.15, 0.2) is 59.8 Å². The van der Waals surface area contributed by atoms with Gasteiger partial charge in [0, 0.05) is 18.8 Å². The van der Waals surface area contributed by atoms with Crippen molar-refractivity contribution in [2.45, 2.75) is 18.7 Å². The molecule has 0 unspecified atom stereocenters. The van der Waals surface area contributed by atoms with E-state index in [2.05, 4.69) is 20.0 Å². The molecule has 10 nitrogen and oxygen atoms in total. The Hall–Kier alpha value is -3.70. The molecule has 0 fully saturated rings. The van der Waals surface area contributed by atoms with Crippen LogP contribution in [0.3, 0.4) is 0 Å². The lowest BCUT2D eigenvalue weighted by molar-refractivity contribution is 0.0600. The van der Waals surface area contributed by atoms with Crippen LogP contribution in [0.1, 0.15) is 24.2 Å². The standard InChI is InChI=1S/C22H25N5O5S/c1-4-27(5-2)33(29,30)18-12-8-16(9-13-18)26-20-19(23)21(25-14-24-20)32-17-10-6-15(7-11-17)22(28)31-3/h6-14H,4-5,23H2,1-3H3,(H,24,25,26). The van der Waals surface area contributed by atoms with E-state index in [-0.39, 0.29) is 16.5 Å². The van der Waals surface area contributed by atoms with E-state index < -0.39 is 16.0 Å². The van der Waals surface area contributed by atoms with Crippen LogP contribution >= 0.6 is 0 Å². The topological polar surface area (TPSA) is 137 Å². The van der Waals surface area contributed by atoms with Gasteiger partial charge in [0.2, 0.25) is 15.9 Å². The summed E-state index contributed by atoms with van der Waals surface area (Å²) < 4.78 is 37.0. The number of nitrogens with one attached hydrogen (secondary N) is 1. The van der Waals surface area contributed by atoms with Gasteiger partial charge < -0.3 is 20.5 Å². The van der Waals surface area contributed by atoms with Gasteiger partial charge in [0.1, 0.15) is 17.8 Å². The molecule has 1 aromatic heterocycles. The third kappa shape index (κ3) is 5.38. The van der Waals surface area contributed by atoms with Gasteiger partial charge in [-0.25, -0.2) is 18.2 Å². The Labute approximate surface area is 192 Å². The maximum Gasteiger partial charge on any atom is 0.337 e. The highest BCUT2D eigenvalue weighted by atomic mass is 32.2. The van der Waals surface area contributed by atoms with Gasteiger partial charge in [-0.1, -0.05) is 13.8 Å². The first-order valence-corrected chi connectivity index (χ1v) is 11.6. The number of benzene rings is 2. The maximum absolute atomic E-state index is 12.6. The number of nitrogens with zero attached hydrogens (tertiary/aromatic N) is 3. The number of ether oxygens (including phenoxy) is 2. The number of esters is 1. The lowest BCUT2D eigenvalue weighted by Crippen LogP contribution is -2.30. The molecule has 3 aromatic rings. The SMILES string of the molecule is CCN(CC)S(=O)(=O)c1ccc(Nc2ncnc(Oc3ccc(C(=O)OC)cc3)c2N)cc1. The summed E-state index contributed by atoms with van der Waals surface area (Å²) in [6, 6.07) is 12.6. The molecule has 2 aromatic carbocycles. The molecule has 0 saturated carbocycles. The number of carbonyl (C=O) groups is 1. The maximum atomic E-state index is 12.6. The number of methoxy groups -OCH3 is 1. The fourth-order valence-electron chi connectivity index (χ4n) is 3.01. The second-order valence-corrected chi connectivity index (χ2v) is 8.74. The van der Waals surface area contributed by atoms with Gasteiger partial charge in [0.25, 0.3) is 0 Å². The monoisotopic (exact) mass is 471 g/mol. The fraction of sp³-hybridized carbons (Fsp3) is 0.227. The second-order valence-electron chi connectivity index (χ2n) is 6.80. The van der Waals surface area contributed by atoms with E-state index in [0.717, 1.165) is 0 Å². The quantitative estimate of drug-likeness (QED) is 0.450. The molecular formula is C22H25N5O5S. The molecule has 0 bridgehead atoms. The molecule has 0 spiro atoms. The van der Waals surface area contributed by atoms with Gasteiger partial charge in [0.15, 0.2) is 5.82 Å². The number of nitrogens with two attached hydrogens (primary N) is 1. The van der Waals surface area contributed by atoms with Crippen LogP contribution < -0.4 is 15.8 Å². The lowest BCUT2D eigenvalue weighted by atomic mass is 10.2. The second kappa shape index (κ2) is 10.3. The molecular weight excluding hydrogens is 446 g/mol. The van der Waals surface area contributed by atoms with Crippen molar-refractivity contribution in [3.05, 3.63) is 60.4 Å². The third-order valence-electron chi connectivity index (χ3n) is 4.80. The van der Waals surface area contributed by atoms with Crippen LogP contribution in [0.4, 0.5) is 17.2 Å². The summed E-state index contributed by atoms with van der Waals surface area (Å²) in [4.78, 5) is 19.9. The van der Waals surface area contributed by atoms with Crippen molar-refractivity contribution in [2.75, 3.05) is 31.2 Å². The van der Waals surface area contributed by atoms with Crippen molar-refractivity contribution < 1.29 is 22.7 Å². The molecule has 11 heteroatoms. The van der Waals surface area contributed by atoms with E-state index >= 15 is 0 Å². The summed E-state index contributed by atoms with van der Waals surface area (Å²) in [5.41, 5.74) is 7.30. The molecule has 3 N–H and O–H groups in total. The fourth-order valence-corrected chi connectivity index (χ4v) is 4.47. The van der Waals surface area contributed by atoms with Crippen molar-refractivity contribution in [3.63, 3.8) is 0 Å². The summed E-state index contributed by atoms with van der Waals surface area (Å²) in [5, 5.41) is 3.04. The summed E-state index contributed by atoms with van der Waals surface area (Å²) in [6.07, 6.45) is 1.29. The van der Waals surface area contributed by atoms with Crippen molar-refractivity contribution in [3.8, 4) is 11.6 Å². The molecule has 0 aliphatic carbocycles. The predicted octanol–water partition coefficient (Wildman–Crippen LogP) is 3.41. The Morgan fingerprint density at radius 3 is 2.24 bits per heavy atom. The molecule has 174 valence electrons. The minimum absolute atomic E-state index is 0.124. The summed E-state index contributed by atoms with van der Waals surface area (Å²) in [7, 11) is -2.24. The first-order valence-electron chi connectivity index (χ1n) is 10.1. The number of hydrogen-bond donors (Lipinski definition) is 2. The van der Waals surface area contributed by atoms with E-state index in [1.807, 2.05) is 0 Å². The van der Waals surface area contributed by atoms with Gasteiger partial charge >= 0.3 is 5.97 Å². The lowest BCUT2D eigenvalue weighted by Gasteiger charge is -2.18. The number of carbonyl (C=O) groups excluding carboxylic acids is 1. The Morgan fingerprint density at radius 1 is 1.03 bits per heavy atom. The molecule has 1 heterocycles. The number of nitrogen functional groups attached to an aromatic ring is 1. The average molecular weight is 472 g/mol. The van der Waals surface area contributed by atoms with Crippen molar-refractivity contribution in [2.24, 2.45) is 0 Å². The average Bonchev–Trinajstić information content (AvgIpc) is 2.82. The van der Waals surface area contributed by atoms with E-state index in [0.29, 0.717) is 35.9 Å². The molecule has 0 radical (unpaired) electrons. The zero-order chi connectivity index (χ0) is 24.0. The molecule has 0 atom stereocenters. The number of anilines is 3. The van der Waals surface area contributed by atoms with Crippen LogP contribution in [-0.2, 0) is 14.8 Å². The van der Waals surface area contributed by atoms with E-state index in [1.54, 1.807) is 50.2 Å². The van der Waals surface area contributed by atoms with Crippen LogP contribution in [-0.4, -0.2) is 48.9 Å². The van der Waals surface area contributed by atoms with Crippen LogP contribution in [0.5, 0.6) is 11.6 Å². The van der Waals surface area contributed by atoms with Gasteiger partial charge in [0.05, 0.1) is 17.6 Å². The number of rotatable bonds is 9. The molecule has 33 heavy (non-hydrogen) atoms. The summed E-state index contributed by atoms with van der Waals surface area (Å²) >= 11 is 0. The van der Waals surface area contributed by atoms with Gasteiger partial charge in [-0.2, -0.15) is 9.29 Å². The van der Waals surface area contributed by atoms with Crippen molar-refractivity contribution in [1.82, 2.24) is 14.3 Å². The molecule has 0 aliphatic heterocycles. The predicted molar refractivity (Wildman–Crippen MR) is 124 cm³/mol. The highest BCUT2D eigenvalue weighted by Crippen LogP contribution is 2.31. The van der Waals surface area contributed by atoms with Gasteiger partial charge in [-0.15, -0.1) is 0 Å². The number of hydrogen-bond acceptors (Lipinski definition) is 9. The highest BCUT2D eigenvalue weighted by Gasteiger charge is 2.21. The minimum atomic E-state index is -3.54. The summed E-state index contributed by atoms with van der Waals surface area (Å²) in [6.45, 7) is 4.37. The minimum Gasteiger partial charge on any atom is -0.465 e. The van der Waals surface area contributed by atoms with Crippen LogP contribution in [0, 0.1) is 0 Å². The third-order valence-corrected chi connectivity index (χ3v) is 6.86. The Kier molecular flexibility index (Phi) is 7.46. The van der Waals surface area contributed by atoms with E-state index in [1.165, 1.54) is 29.9 Å². The zero-order valence-corrected chi connectivity index (χ0v) is 19.3. The van der Waals surface area contributed by atoms with Crippen LogP contribution in [0.25, 0.3) is 0 Å². The van der Waals surface area contributed by atoms with E-state index in [4.69, 9.17) is 10.5 Å². The highest BCUT2D eigenvalue weighted by molar-refractivity contribution is 7.89. The van der Waals surface area contributed by atoms with E-state index in [9.17, 15) is 13.2 Å². The number of aromatic nitrogens is 2. The zero-order valence-electron chi connectivity index (χ0n) is 18.5. The normalized spacial score (nSPS) is 11.3. The largest absolute Gasteiger partial charge is 0.465 e. The molecule has 0 saturated heterocycles. The first-order chi connectivity index (χ1) is 15.8. The van der Waals surface area contributed by atoms with Crippen LogP contribution in [0.2, 0.25) is 0 Å². The smallest absolute Gasteiger partial charge is 0.337 e. The van der Waals surface area contributed by atoms with Gasteiger partial charge in [-0.3, -0.25) is 0 Å².